The van der Waals surface area contributed by atoms with Crippen LogP contribution in [0.5, 0.6) is 0 Å². The molecule has 2 heterocycles. The van der Waals surface area contributed by atoms with Crippen LogP contribution < -0.4 is 0 Å². The normalized spacial score (nSPS) is 12.0. The molecular weight excluding hydrogens is 607 g/mol. The van der Waals surface area contributed by atoms with E-state index in [0.717, 1.165) is 33.0 Å². The summed E-state index contributed by atoms with van der Waals surface area (Å²) in [6, 6.07) is 63.8. The largest absolute Gasteiger partial charge is 0.455 e. The smallest absolute Gasteiger partial charge is 0.143 e. The Morgan fingerprint density at radius 2 is 0.840 bits per heavy atom. The summed E-state index contributed by atoms with van der Waals surface area (Å²) < 4.78 is 8.87. The molecule has 0 radical (unpaired) electrons. The molecule has 0 unspecified atom stereocenters. The third-order valence-electron chi connectivity index (χ3n) is 10.6. The SMILES string of the molecule is c1ccc2c(c1)ccc1c3cc(-c4c5ccccc5c(-c5ccc(-n6c7ccccc7c7ccccc76)cc5)c5ccccc45)ccc3oc21. The number of hydrogen-bond donors (Lipinski definition) is 0. The minimum atomic E-state index is 0.911. The van der Waals surface area contributed by atoms with E-state index in [1.807, 2.05) is 0 Å². The number of aromatic nitrogens is 1. The summed E-state index contributed by atoms with van der Waals surface area (Å²) in [6.07, 6.45) is 0. The molecule has 0 amide bonds. The summed E-state index contributed by atoms with van der Waals surface area (Å²) in [5.41, 5.74) is 10.4. The van der Waals surface area contributed by atoms with Gasteiger partial charge < -0.3 is 8.98 Å². The lowest BCUT2D eigenvalue weighted by molar-refractivity contribution is 0.672. The molecule has 0 N–H and O–H groups in total. The van der Waals surface area contributed by atoms with Crippen LogP contribution in [0.3, 0.4) is 0 Å². The van der Waals surface area contributed by atoms with E-state index >= 15 is 0 Å². The second-order valence-corrected chi connectivity index (χ2v) is 13.2. The molecule has 0 fully saturated rings. The number of hydrogen-bond acceptors (Lipinski definition) is 1. The van der Waals surface area contributed by atoms with Gasteiger partial charge in [-0.15, -0.1) is 0 Å². The van der Waals surface area contributed by atoms with Gasteiger partial charge in [-0.1, -0.05) is 133 Å². The first-order valence-corrected chi connectivity index (χ1v) is 17.2. The van der Waals surface area contributed by atoms with Crippen molar-refractivity contribution in [3.05, 3.63) is 176 Å². The molecule has 0 spiro atoms. The summed E-state index contributed by atoms with van der Waals surface area (Å²) in [5, 5.41) is 12.1. The van der Waals surface area contributed by atoms with Crippen LogP contribution in [0.4, 0.5) is 0 Å². The minimum absolute atomic E-state index is 0.911. The second kappa shape index (κ2) is 10.4. The average molecular weight is 636 g/mol. The van der Waals surface area contributed by atoms with E-state index < -0.39 is 0 Å². The predicted octanol–water partition coefficient (Wildman–Crippen LogP) is 13.5. The number of rotatable bonds is 3. The monoisotopic (exact) mass is 635 g/mol. The van der Waals surface area contributed by atoms with Crippen LogP contribution in [0.25, 0.3) is 104 Å². The Hall–Kier alpha value is -6.64. The highest BCUT2D eigenvalue weighted by Crippen LogP contribution is 2.45. The lowest BCUT2D eigenvalue weighted by Gasteiger charge is -2.18. The molecule has 0 aliphatic heterocycles. The van der Waals surface area contributed by atoms with Gasteiger partial charge in [-0.05, 0) is 91.6 Å². The molecule has 0 aliphatic rings. The molecule has 2 nitrogen and oxygen atoms in total. The Morgan fingerprint density at radius 1 is 0.340 bits per heavy atom. The molecular formula is C48H29NO. The molecule has 2 heteroatoms. The maximum absolute atomic E-state index is 6.49. The fourth-order valence-corrected chi connectivity index (χ4v) is 8.39. The zero-order chi connectivity index (χ0) is 32.8. The fourth-order valence-electron chi connectivity index (χ4n) is 8.39. The van der Waals surface area contributed by atoms with Crippen molar-refractivity contribution in [3.8, 4) is 27.9 Å². The maximum atomic E-state index is 6.49. The van der Waals surface area contributed by atoms with E-state index in [-0.39, 0.29) is 0 Å². The zero-order valence-corrected chi connectivity index (χ0v) is 27.1. The van der Waals surface area contributed by atoms with E-state index in [4.69, 9.17) is 4.42 Å². The standard InChI is InChI=1S/C48H29NO/c1-2-12-34-30(11-1)23-27-41-42-29-32(24-28-45(42)50-48(34)41)47-39-17-5-3-15-37(39)46(38-16-4-6-18-40(38)47)31-21-25-33(26-22-31)49-43-19-9-7-13-35(43)36-14-8-10-20-44(36)49/h1-29H. The molecule has 232 valence electrons. The van der Waals surface area contributed by atoms with Gasteiger partial charge in [0.15, 0.2) is 0 Å². The highest BCUT2D eigenvalue weighted by atomic mass is 16.3. The Kier molecular flexibility index (Phi) is 5.70. The molecule has 50 heavy (non-hydrogen) atoms. The summed E-state index contributed by atoms with van der Waals surface area (Å²) in [6.45, 7) is 0. The van der Waals surface area contributed by atoms with Gasteiger partial charge in [0.1, 0.15) is 11.2 Å². The van der Waals surface area contributed by atoms with E-state index in [2.05, 4.69) is 180 Å². The lowest BCUT2D eigenvalue weighted by Crippen LogP contribution is -1.94. The van der Waals surface area contributed by atoms with Crippen LogP contribution in [0.2, 0.25) is 0 Å². The summed E-state index contributed by atoms with van der Waals surface area (Å²) in [4.78, 5) is 0. The minimum Gasteiger partial charge on any atom is -0.455 e. The molecule has 0 saturated carbocycles. The predicted molar refractivity (Wildman–Crippen MR) is 211 cm³/mol. The number of furan rings is 1. The van der Waals surface area contributed by atoms with Gasteiger partial charge >= 0.3 is 0 Å². The van der Waals surface area contributed by atoms with Crippen molar-refractivity contribution in [1.29, 1.82) is 0 Å². The Labute approximate surface area is 288 Å². The van der Waals surface area contributed by atoms with Crippen molar-refractivity contribution in [2.45, 2.75) is 0 Å². The van der Waals surface area contributed by atoms with Gasteiger partial charge in [-0.25, -0.2) is 0 Å². The van der Waals surface area contributed by atoms with Crippen LogP contribution in [0.15, 0.2) is 180 Å². The molecule has 11 rings (SSSR count). The average Bonchev–Trinajstić information content (AvgIpc) is 3.73. The number of benzene rings is 9. The number of fused-ring (bicyclic) bond motifs is 10. The molecule has 0 atom stereocenters. The van der Waals surface area contributed by atoms with Crippen molar-refractivity contribution in [2.24, 2.45) is 0 Å². The summed E-state index contributed by atoms with van der Waals surface area (Å²) in [7, 11) is 0. The number of nitrogens with zero attached hydrogens (tertiary/aromatic N) is 1. The first kappa shape index (κ1) is 27.3. The lowest BCUT2D eigenvalue weighted by atomic mass is 9.85. The molecule has 0 saturated heterocycles. The van der Waals surface area contributed by atoms with E-state index in [9.17, 15) is 0 Å². The van der Waals surface area contributed by atoms with E-state index in [1.54, 1.807) is 0 Å². The van der Waals surface area contributed by atoms with Crippen LogP contribution in [-0.2, 0) is 0 Å². The third kappa shape index (κ3) is 3.85. The van der Waals surface area contributed by atoms with Crippen molar-refractivity contribution in [2.75, 3.05) is 0 Å². The molecule has 0 aliphatic carbocycles. The van der Waals surface area contributed by atoms with Crippen molar-refractivity contribution >= 4 is 76.1 Å². The van der Waals surface area contributed by atoms with Crippen LogP contribution in [0.1, 0.15) is 0 Å². The van der Waals surface area contributed by atoms with Gasteiger partial charge in [0, 0.05) is 32.6 Å². The van der Waals surface area contributed by atoms with Crippen molar-refractivity contribution in [1.82, 2.24) is 4.57 Å². The highest BCUT2D eigenvalue weighted by Gasteiger charge is 2.19. The first-order chi connectivity index (χ1) is 24.8. The summed E-state index contributed by atoms with van der Waals surface area (Å²) in [5.74, 6) is 0. The Balaban J connectivity index is 1.12. The maximum Gasteiger partial charge on any atom is 0.143 e. The zero-order valence-electron chi connectivity index (χ0n) is 27.1. The molecule has 9 aromatic carbocycles. The van der Waals surface area contributed by atoms with E-state index in [0.29, 0.717) is 0 Å². The van der Waals surface area contributed by atoms with Crippen molar-refractivity contribution in [3.63, 3.8) is 0 Å². The second-order valence-electron chi connectivity index (χ2n) is 13.2. The van der Waals surface area contributed by atoms with Crippen molar-refractivity contribution < 1.29 is 4.42 Å². The Bertz CT molecular complexity index is 3030. The number of para-hydroxylation sites is 2. The van der Waals surface area contributed by atoms with E-state index in [1.165, 1.54) is 71.0 Å². The van der Waals surface area contributed by atoms with Crippen LogP contribution in [0, 0.1) is 0 Å². The van der Waals surface area contributed by atoms with Gasteiger partial charge in [0.2, 0.25) is 0 Å². The Morgan fingerprint density at radius 3 is 1.46 bits per heavy atom. The topological polar surface area (TPSA) is 18.1 Å². The van der Waals surface area contributed by atoms with Gasteiger partial charge in [0.05, 0.1) is 11.0 Å². The summed E-state index contributed by atoms with van der Waals surface area (Å²) >= 11 is 0. The molecule has 2 aromatic heterocycles. The van der Waals surface area contributed by atoms with Gasteiger partial charge in [-0.2, -0.15) is 0 Å². The molecule has 11 aromatic rings. The highest BCUT2D eigenvalue weighted by molar-refractivity contribution is 6.23. The van der Waals surface area contributed by atoms with Gasteiger partial charge in [-0.3, -0.25) is 0 Å². The quantitative estimate of drug-likeness (QED) is 0.177. The fraction of sp³-hybridized carbons (Fsp3) is 0. The molecule has 0 bridgehead atoms. The third-order valence-corrected chi connectivity index (χ3v) is 10.6. The van der Waals surface area contributed by atoms with Gasteiger partial charge in [0.25, 0.3) is 0 Å². The first-order valence-electron chi connectivity index (χ1n) is 17.2. The van der Waals surface area contributed by atoms with Crippen LogP contribution >= 0.6 is 0 Å². The van der Waals surface area contributed by atoms with Crippen LogP contribution in [-0.4, -0.2) is 4.57 Å².